The topological polar surface area (TPSA) is 130 Å². The van der Waals surface area contributed by atoms with Gasteiger partial charge in [-0.15, -0.1) is 0 Å². The zero-order chi connectivity index (χ0) is 15.3. The largest absolute Gasteiger partial charge is 0.394 e. The predicted octanol–water partition coefficient (Wildman–Crippen LogP) is -0.404. The van der Waals surface area contributed by atoms with Crippen LogP contribution in [0.25, 0.3) is 11.0 Å². The zero-order valence-electron chi connectivity index (χ0n) is 11.2. The molecule has 0 amide bonds. The highest BCUT2D eigenvalue weighted by Gasteiger charge is 2.43. The smallest absolute Gasteiger partial charge is 0.200 e. The molecule has 0 unspecified atom stereocenters. The van der Waals surface area contributed by atoms with Crippen molar-refractivity contribution >= 4 is 29.2 Å². The van der Waals surface area contributed by atoms with Crippen molar-refractivity contribution in [2.45, 2.75) is 31.5 Å². The third kappa shape index (κ3) is 2.14. The van der Waals surface area contributed by atoms with E-state index in [9.17, 15) is 10.2 Å². The van der Waals surface area contributed by atoms with Gasteiger partial charge >= 0.3 is 0 Å². The third-order valence-corrected chi connectivity index (χ3v) is 3.99. The van der Waals surface area contributed by atoms with E-state index in [0.717, 1.165) is 5.56 Å². The number of fused-ring (bicyclic) bond motifs is 1. The van der Waals surface area contributed by atoms with E-state index in [-0.39, 0.29) is 12.6 Å². The van der Waals surface area contributed by atoms with Gasteiger partial charge in [-0.1, -0.05) is 12.2 Å². The summed E-state index contributed by atoms with van der Waals surface area (Å²) in [5.74, 6) is 0.151. The van der Waals surface area contributed by atoms with Crippen molar-refractivity contribution in [1.82, 2.24) is 14.5 Å². The van der Waals surface area contributed by atoms with Gasteiger partial charge in [0.25, 0.3) is 0 Å². The molecular weight excluding hydrogens is 296 g/mol. The minimum atomic E-state index is -1.17. The van der Waals surface area contributed by atoms with E-state index < -0.39 is 24.5 Å². The maximum Gasteiger partial charge on any atom is 0.200 e. The fourth-order valence-electron chi connectivity index (χ4n) is 2.68. The lowest BCUT2D eigenvalue weighted by atomic mass is 10.1. The molecule has 21 heavy (non-hydrogen) atoms. The van der Waals surface area contributed by atoms with Gasteiger partial charge in [0, 0.05) is 6.20 Å². The number of anilines is 1. The Morgan fingerprint density at radius 1 is 1.48 bits per heavy atom. The van der Waals surface area contributed by atoms with Crippen LogP contribution in [-0.2, 0) is 4.74 Å². The van der Waals surface area contributed by atoms with Gasteiger partial charge in [0.05, 0.1) is 12.0 Å². The fraction of sp³-hybridized carbons (Fsp3) is 0.500. The Hall–Kier alpha value is -1.52. The summed E-state index contributed by atoms with van der Waals surface area (Å²) in [5.41, 5.74) is 7.08. The highest BCUT2D eigenvalue weighted by atomic mass is 32.1. The first kappa shape index (κ1) is 14.4. The van der Waals surface area contributed by atoms with Crippen LogP contribution in [0.2, 0.25) is 0 Å². The number of hydrogen-bond acceptors (Lipinski definition) is 7. The van der Waals surface area contributed by atoms with Gasteiger partial charge in [-0.3, -0.25) is 0 Å². The number of nitrogens with one attached hydrogen (secondary N) is 1. The minimum absolute atomic E-state index is 0.151. The lowest BCUT2D eigenvalue weighted by Gasteiger charge is -2.17. The Bertz CT molecular complexity index is 743. The molecule has 2 aromatic rings. The van der Waals surface area contributed by atoms with Crippen LogP contribution in [0.15, 0.2) is 6.20 Å². The van der Waals surface area contributed by atoms with E-state index in [2.05, 4.69) is 9.97 Å². The van der Waals surface area contributed by atoms with Crippen molar-refractivity contribution in [1.29, 1.82) is 0 Å². The van der Waals surface area contributed by atoms with Gasteiger partial charge in [0.15, 0.2) is 12.2 Å². The molecular formula is C12H16N4O4S. The number of rotatable bonds is 2. The number of ether oxygens (including phenoxy) is 1. The van der Waals surface area contributed by atoms with Crippen LogP contribution in [0.1, 0.15) is 11.8 Å². The van der Waals surface area contributed by atoms with E-state index in [0.29, 0.717) is 15.7 Å². The predicted molar refractivity (Wildman–Crippen MR) is 77.1 cm³/mol. The number of nitrogens with zero attached hydrogens (tertiary/aromatic N) is 2. The number of aryl methyl sites for hydroxylation is 1. The number of aromatic nitrogens is 3. The second kappa shape index (κ2) is 5.04. The summed E-state index contributed by atoms with van der Waals surface area (Å²) >= 11 is 5.20. The fourth-order valence-corrected chi connectivity index (χ4v) is 3.03. The number of H-pyrrole nitrogens is 1. The van der Waals surface area contributed by atoms with Gasteiger partial charge in [-0.2, -0.15) is 0 Å². The van der Waals surface area contributed by atoms with E-state index in [1.54, 1.807) is 10.8 Å². The molecule has 3 rings (SSSR count). The molecule has 8 nitrogen and oxygen atoms in total. The molecule has 4 atom stereocenters. The van der Waals surface area contributed by atoms with Crippen LogP contribution in [0.4, 0.5) is 5.95 Å². The first-order chi connectivity index (χ1) is 9.93. The molecule has 1 aliphatic rings. The second-order valence-electron chi connectivity index (χ2n) is 5.10. The molecule has 0 bridgehead atoms. The van der Waals surface area contributed by atoms with E-state index >= 15 is 0 Å². The quantitative estimate of drug-likeness (QED) is 0.477. The number of aliphatic hydroxyl groups excluding tert-OH is 3. The van der Waals surface area contributed by atoms with Crippen molar-refractivity contribution in [3.05, 3.63) is 16.4 Å². The van der Waals surface area contributed by atoms with Gasteiger partial charge < -0.3 is 35.3 Å². The van der Waals surface area contributed by atoms with Crippen molar-refractivity contribution in [2.24, 2.45) is 0 Å². The Morgan fingerprint density at radius 3 is 2.81 bits per heavy atom. The lowest BCUT2D eigenvalue weighted by Crippen LogP contribution is -2.33. The third-order valence-electron chi connectivity index (χ3n) is 3.70. The first-order valence-electron chi connectivity index (χ1n) is 6.43. The Balaban J connectivity index is 2.16. The molecule has 0 saturated carbocycles. The Labute approximate surface area is 124 Å². The van der Waals surface area contributed by atoms with Crippen molar-refractivity contribution in [2.75, 3.05) is 12.3 Å². The SMILES string of the molecule is Cc1cn([C@@H]2O[C@H](CO)[C@@H](O)[C@H]2O)c2[nH]c(N)nc(=S)c12. The van der Waals surface area contributed by atoms with Crippen LogP contribution in [0.5, 0.6) is 0 Å². The average Bonchev–Trinajstić information content (AvgIpc) is 2.89. The molecule has 114 valence electrons. The summed E-state index contributed by atoms with van der Waals surface area (Å²) in [7, 11) is 0. The van der Waals surface area contributed by atoms with Crippen LogP contribution < -0.4 is 5.73 Å². The molecule has 2 aromatic heterocycles. The standard InChI is InChI=1S/C12H16N4O4S/c1-4-2-16(9-6(4)10(21)15-12(13)14-9)11-8(19)7(18)5(3-17)20-11/h2,5,7-8,11,17-19H,3H2,1H3,(H3,13,14,15,21)/t5-,7-,8-,11-/m1/s1. The zero-order valence-corrected chi connectivity index (χ0v) is 12.0. The van der Waals surface area contributed by atoms with Crippen molar-refractivity contribution in [3.63, 3.8) is 0 Å². The monoisotopic (exact) mass is 312 g/mol. The first-order valence-corrected chi connectivity index (χ1v) is 6.84. The number of aliphatic hydroxyl groups is 3. The van der Waals surface area contributed by atoms with Crippen LogP contribution in [0.3, 0.4) is 0 Å². The molecule has 9 heteroatoms. The minimum Gasteiger partial charge on any atom is -0.394 e. The number of aromatic amines is 1. The van der Waals surface area contributed by atoms with Gasteiger partial charge in [-0.05, 0) is 12.5 Å². The molecule has 3 heterocycles. The van der Waals surface area contributed by atoms with Crippen LogP contribution >= 0.6 is 12.2 Å². The van der Waals surface area contributed by atoms with E-state index in [1.165, 1.54) is 0 Å². The molecule has 1 aliphatic heterocycles. The molecule has 0 aliphatic carbocycles. The van der Waals surface area contributed by atoms with Crippen LogP contribution in [0, 0.1) is 11.6 Å². The molecule has 1 fully saturated rings. The highest BCUT2D eigenvalue weighted by Crippen LogP contribution is 2.33. The van der Waals surface area contributed by atoms with Gasteiger partial charge in [-0.25, -0.2) is 4.98 Å². The number of nitrogens with two attached hydrogens (primary N) is 1. The average molecular weight is 312 g/mol. The van der Waals surface area contributed by atoms with Crippen molar-refractivity contribution < 1.29 is 20.1 Å². The highest BCUT2D eigenvalue weighted by molar-refractivity contribution is 7.71. The maximum absolute atomic E-state index is 10.1. The summed E-state index contributed by atoms with van der Waals surface area (Å²) in [6, 6.07) is 0. The maximum atomic E-state index is 10.1. The second-order valence-corrected chi connectivity index (χ2v) is 5.49. The normalized spacial score (nSPS) is 29.3. The summed E-state index contributed by atoms with van der Waals surface area (Å²) in [6.45, 7) is 1.47. The summed E-state index contributed by atoms with van der Waals surface area (Å²) in [6.07, 6.45) is -2.29. The molecule has 6 N–H and O–H groups in total. The number of hydrogen-bond donors (Lipinski definition) is 5. The Kier molecular flexibility index (Phi) is 3.46. The molecule has 0 spiro atoms. The molecule has 1 saturated heterocycles. The van der Waals surface area contributed by atoms with Crippen molar-refractivity contribution in [3.8, 4) is 0 Å². The lowest BCUT2D eigenvalue weighted by molar-refractivity contribution is -0.0508. The number of nitrogen functional groups attached to an aromatic ring is 1. The Morgan fingerprint density at radius 2 is 2.19 bits per heavy atom. The summed E-state index contributed by atoms with van der Waals surface area (Å²) in [5, 5.41) is 29.9. The summed E-state index contributed by atoms with van der Waals surface area (Å²) in [4.78, 5) is 6.89. The molecule has 0 radical (unpaired) electrons. The summed E-state index contributed by atoms with van der Waals surface area (Å²) < 4.78 is 7.48. The van der Waals surface area contributed by atoms with Gasteiger partial charge in [0.2, 0.25) is 0 Å². The molecule has 0 aromatic carbocycles. The van der Waals surface area contributed by atoms with Crippen LogP contribution in [-0.4, -0.2) is 54.8 Å². The van der Waals surface area contributed by atoms with E-state index in [4.69, 9.17) is 27.8 Å². The van der Waals surface area contributed by atoms with E-state index in [1.807, 2.05) is 6.92 Å². The van der Waals surface area contributed by atoms with Gasteiger partial charge in [0.1, 0.15) is 28.6 Å².